The largest absolute Gasteiger partial charge is 0.143 e. The van der Waals surface area contributed by atoms with Crippen LogP contribution in [0.5, 0.6) is 0 Å². The number of hydrogen-bond acceptors (Lipinski definition) is 2. The molecule has 6 heteroatoms. The summed E-state index contributed by atoms with van der Waals surface area (Å²) in [6.07, 6.45) is 30.6. The Hall–Kier alpha value is 0.794. The molecule has 0 spiro atoms. The van der Waals surface area contributed by atoms with E-state index in [9.17, 15) is 0 Å². The lowest BCUT2D eigenvalue weighted by molar-refractivity contribution is 0.556. The van der Waals surface area contributed by atoms with Crippen LogP contribution in [0.3, 0.4) is 0 Å². The molecule has 0 fully saturated rings. The molecule has 0 saturated heterocycles. The first kappa shape index (κ1) is 41.0. The van der Waals surface area contributed by atoms with Gasteiger partial charge in [0, 0.05) is 8.95 Å². The van der Waals surface area contributed by atoms with Gasteiger partial charge in [-0.15, -0.1) is 22.7 Å². The molecule has 2 heterocycles. The second-order valence-electron chi connectivity index (χ2n) is 15.5. The lowest BCUT2D eigenvalue weighted by Gasteiger charge is -2.17. The number of halogens is 2. The van der Waals surface area contributed by atoms with Crippen molar-refractivity contribution >= 4 is 79.7 Å². The zero-order valence-corrected chi connectivity index (χ0v) is 36.9. The van der Waals surface area contributed by atoms with Crippen molar-refractivity contribution in [1.29, 1.82) is 0 Å². The highest BCUT2D eigenvalue weighted by Crippen LogP contribution is 2.45. The maximum absolute atomic E-state index is 4.21. The highest BCUT2D eigenvalue weighted by Gasteiger charge is 2.32. The number of thiophene rings is 2. The Labute approximate surface area is 301 Å². The minimum atomic E-state index is -1.44. The SMILES string of the molecule is CCCCCCCCCCCCc1c([Si](C)(C)C)sc(-c2sc([Si](C)(C)C)c(CCCCCCCCCCCC)c2Br)c1Br. The van der Waals surface area contributed by atoms with Gasteiger partial charge in [0.05, 0.1) is 25.9 Å². The summed E-state index contributed by atoms with van der Waals surface area (Å²) in [7, 11) is -2.88. The molecule has 0 bridgehead atoms. The van der Waals surface area contributed by atoms with Crippen molar-refractivity contribution in [3.05, 3.63) is 20.1 Å². The molecule has 0 aliphatic rings. The van der Waals surface area contributed by atoms with Crippen molar-refractivity contribution in [2.75, 3.05) is 0 Å². The summed E-state index contributed by atoms with van der Waals surface area (Å²) in [5.74, 6) is 0. The predicted molar refractivity (Wildman–Crippen MR) is 220 cm³/mol. The molecule has 0 aliphatic carbocycles. The monoisotopic (exact) mass is 802 g/mol. The third-order valence-electron chi connectivity index (χ3n) is 9.01. The molecule has 2 rings (SSSR count). The second kappa shape index (κ2) is 21.7. The van der Waals surface area contributed by atoms with E-state index in [0.717, 1.165) is 0 Å². The Balaban J connectivity index is 2.07. The molecule has 0 nitrogen and oxygen atoms in total. The normalized spacial score (nSPS) is 12.5. The molecule has 0 aliphatic heterocycles. The Morgan fingerprint density at radius 2 is 0.659 bits per heavy atom. The molecule has 0 aromatic carbocycles. The summed E-state index contributed by atoms with van der Waals surface area (Å²) < 4.78 is 6.29. The van der Waals surface area contributed by atoms with Crippen molar-refractivity contribution in [2.24, 2.45) is 0 Å². The highest BCUT2D eigenvalue weighted by atomic mass is 79.9. The summed E-state index contributed by atoms with van der Waals surface area (Å²) in [6.45, 7) is 19.9. The van der Waals surface area contributed by atoms with Crippen molar-refractivity contribution in [1.82, 2.24) is 0 Å². The van der Waals surface area contributed by atoms with Gasteiger partial charge in [-0.05, 0) is 77.7 Å². The van der Waals surface area contributed by atoms with Crippen LogP contribution in [0.4, 0.5) is 0 Å². The Kier molecular flexibility index (Phi) is 20.2. The Morgan fingerprint density at radius 3 is 0.909 bits per heavy atom. The van der Waals surface area contributed by atoms with Gasteiger partial charge in [0.2, 0.25) is 0 Å². The van der Waals surface area contributed by atoms with Gasteiger partial charge in [-0.1, -0.05) is 169 Å². The van der Waals surface area contributed by atoms with Crippen LogP contribution in [0.2, 0.25) is 39.3 Å². The van der Waals surface area contributed by atoms with E-state index >= 15 is 0 Å². The molecule has 2 aromatic rings. The topological polar surface area (TPSA) is 0 Å². The second-order valence-corrected chi connectivity index (χ2v) is 29.8. The minimum Gasteiger partial charge on any atom is -0.143 e. The standard InChI is InChI=1S/C38H68Br2S2Si2/c1-9-11-13-15-17-19-21-23-25-27-29-31-33(39)35(41-37(31)43(3,4)5)36-34(40)32(38(42-36)44(6,7)8)30-28-26-24-22-20-18-16-14-12-10-2/h9-30H2,1-8H3. The van der Waals surface area contributed by atoms with Gasteiger partial charge in [-0.2, -0.15) is 0 Å². The molecular weight excluding hydrogens is 737 g/mol. The van der Waals surface area contributed by atoms with Crippen molar-refractivity contribution in [2.45, 2.75) is 194 Å². The zero-order chi connectivity index (χ0) is 32.6. The fraction of sp³-hybridized carbons (Fsp3) is 0.789. The van der Waals surface area contributed by atoms with E-state index in [1.165, 1.54) is 160 Å². The summed E-state index contributed by atoms with van der Waals surface area (Å²) in [6, 6.07) is 0. The van der Waals surface area contributed by atoms with Crippen LogP contribution in [0.25, 0.3) is 9.75 Å². The first-order valence-corrected chi connectivity index (χ1v) is 28.8. The molecule has 0 N–H and O–H groups in total. The van der Waals surface area contributed by atoms with Crippen LogP contribution in [-0.4, -0.2) is 16.1 Å². The van der Waals surface area contributed by atoms with Gasteiger partial charge >= 0.3 is 0 Å². The van der Waals surface area contributed by atoms with E-state index in [1.54, 1.807) is 20.1 Å². The van der Waals surface area contributed by atoms with Crippen molar-refractivity contribution in [3.63, 3.8) is 0 Å². The van der Waals surface area contributed by atoms with E-state index in [4.69, 9.17) is 0 Å². The molecule has 0 radical (unpaired) electrons. The number of hydrogen-bond donors (Lipinski definition) is 0. The molecule has 44 heavy (non-hydrogen) atoms. The summed E-state index contributed by atoms with van der Waals surface area (Å²) in [5.41, 5.74) is 3.30. The van der Waals surface area contributed by atoms with Crippen LogP contribution in [0, 0.1) is 0 Å². The average molecular weight is 805 g/mol. The van der Waals surface area contributed by atoms with Crippen molar-refractivity contribution < 1.29 is 0 Å². The predicted octanol–water partition coefficient (Wildman–Crippen LogP) is 15.0. The van der Waals surface area contributed by atoms with E-state index < -0.39 is 16.1 Å². The fourth-order valence-electron chi connectivity index (χ4n) is 6.42. The molecule has 254 valence electrons. The summed E-state index contributed by atoms with van der Waals surface area (Å²) in [4.78, 5) is 3.02. The van der Waals surface area contributed by atoms with Crippen molar-refractivity contribution in [3.8, 4) is 9.75 Å². The van der Waals surface area contributed by atoms with Gasteiger partial charge in [-0.25, -0.2) is 0 Å². The molecular formula is C38H68Br2S2Si2. The van der Waals surface area contributed by atoms with E-state index in [1.807, 2.05) is 0 Å². The van der Waals surface area contributed by atoms with Gasteiger partial charge in [0.25, 0.3) is 0 Å². The molecule has 0 saturated carbocycles. The summed E-state index contributed by atoms with van der Waals surface area (Å²) >= 11 is 12.7. The highest BCUT2D eigenvalue weighted by molar-refractivity contribution is 9.11. The minimum absolute atomic E-state index is 1.24. The smallest absolute Gasteiger partial charge is 0.0908 e. The number of rotatable bonds is 25. The van der Waals surface area contributed by atoms with Gasteiger partial charge in [0.15, 0.2) is 0 Å². The average Bonchev–Trinajstić information content (AvgIpc) is 3.47. The van der Waals surface area contributed by atoms with E-state index in [2.05, 4.69) is 108 Å². The lowest BCUT2D eigenvalue weighted by Crippen LogP contribution is -2.37. The first-order valence-electron chi connectivity index (χ1n) is 18.6. The van der Waals surface area contributed by atoms with E-state index in [-0.39, 0.29) is 0 Å². The fourth-order valence-corrected chi connectivity index (χ4v) is 16.5. The lowest BCUT2D eigenvalue weighted by atomic mass is 10.0. The van der Waals surface area contributed by atoms with Gasteiger partial charge in [-0.3, -0.25) is 0 Å². The van der Waals surface area contributed by atoms with Crippen LogP contribution in [0.15, 0.2) is 8.95 Å². The first-order chi connectivity index (χ1) is 20.9. The zero-order valence-electron chi connectivity index (χ0n) is 30.1. The molecule has 0 unspecified atom stereocenters. The molecule has 0 atom stereocenters. The van der Waals surface area contributed by atoms with Gasteiger partial charge in [0.1, 0.15) is 0 Å². The van der Waals surface area contributed by atoms with Crippen LogP contribution >= 0.6 is 54.5 Å². The molecule has 2 aromatic heterocycles. The Bertz CT molecular complexity index is 974. The van der Waals surface area contributed by atoms with Crippen LogP contribution in [0.1, 0.15) is 153 Å². The van der Waals surface area contributed by atoms with E-state index in [0.29, 0.717) is 0 Å². The Morgan fingerprint density at radius 1 is 0.409 bits per heavy atom. The van der Waals surface area contributed by atoms with Crippen LogP contribution < -0.4 is 9.00 Å². The van der Waals surface area contributed by atoms with Crippen LogP contribution in [-0.2, 0) is 12.8 Å². The summed E-state index contributed by atoms with van der Waals surface area (Å²) in [5, 5.41) is 0. The number of unbranched alkanes of at least 4 members (excludes halogenated alkanes) is 18. The quantitative estimate of drug-likeness (QED) is 0.0693. The maximum atomic E-state index is 4.21. The van der Waals surface area contributed by atoms with Gasteiger partial charge < -0.3 is 0 Å². The third kappa shape index (κ3) is 14.1. The third-order valence-corrected chi connectivity index (χ3v) is 21.2. The molecule has 0 amide bonds. The maximum Gasteiger partial charge on any atom is 0.0908 e.